The average molecular weight is 910 g/mol. The number of hydrogen-bond donors (Lipinski definition) is 2. The molecule has 0 aromatic heterocycles. The van der Waals surface area contributed by atoms with Crippen LogP contribution in [0.3, 0.4) is 0 Å². The smallest absolute Gasteiger partial charge is 0.322 e. The summed E-state index contributed by atoms with van der Waals surface area (Å²) in [5.74, 6) is -1.08. The maximum atomic E-state index is 11.8. The Labute approximate surface area is 301 Å². The fourth-order valence-electron chi connectivity index (χ4n) is 2.88. The highest BCUT2D eigenvalue weighted by atomic mass is 79.9. The van der Waals surface area contributed by atoms with Gasteiger partial charge in [-0.25, -0.2) is 0 Å². The minimum atomic E-state index is -0.892. The van der Waals surface area contributed by atoms with E-state index in [-0.39, 0.29) is 59.0 Å². The van der Waals surface area contributed by atoms with E-state index in [1.54, 1.807) is 53.7 Å². The molecular weight excluding hydrogens is 872 g/mol. The zero-order valence-electron chi connectivity index (χ0n) is 25.3. The highest BCUT2D eigenvalue weighted by molar-refractivity contribution is 9.20. The van der Waals surface area contributed by atoms with Gasteiger partial charge in [0.15, 0.2) is 0 Å². The Morgan fingerprint density at radius 3 is 1.15 bits per heavy atom. The molecule has 258 valence electrons. The molecule has 0 heterocycles. The molecule has 0 aliphatic heterocycles. The molecule has 0 saturated heterocycles. The Balaban J connectivity index is 0. The topological polar surface area (TPSA) is 196 Å². The summed E-state index contributed by atoms with van der Waals surface area (Å²) in [5, 5.41) is 39.6. The molecule has 0 atom stereocenters. The van der Waals surface area contributed by atoms with E-state index in [1.165, 1.54) is 24.3 Å². The number of nitro groups is 2. The third kappa shape index (κ3) is 16.0. The first-order valence-corrected chi connectivity index (χ1v) is 16.0. The monoisotopic (exact) mass is 906 g/mol. The van der Waals surface area contributed by atoms with Gasteiger partial charge in [-0.05, 0) is 81.7 Å². The van der Waals surface area contributed by atoms with Crippen LogP contribution in [0.1, 0.15) is 71.2 Å². The second-order valence-corrected chi connectivity index (χ2v) is 17.2. The summed E-state index contributed by atoms with van der Waals surface area (Å²) in [6.07, 6.45) is 0. The van der Waals surface area contributed by atoms with Crippen molar-refractivity contribution in [1.29, 1.82) is 0 Å². The van der Waals surface area contributed by atoms with Crippen LogP contribution in [0.15, 0.2) is 36.4 Å². The normalized spacial score (nSPS) is 11.0. The Bertz CT molecular complexity index is 1300. The van der Waals surface area contributed by atoms with Crippen molar-refractivity contribution in [1.82, 2.24) is 0 Å². The molecule has 0 bridgehead atoms. The Morgan fingerprint density at radius 2 is 0.935 bits per heavy atom. The average Bonchev–Trinajstić information content (AvgIpc) is 2.92. The van der Waals surface area contributed by atoms with Crippen molar-refractivity contribution in [3.8, 4) is 0 Å². The van der Waals surface area contributed by atoms with E-state index in [2.05, 4.69) is 63.7 Å². The number of benzene rings is 2. The molecule has 2 aromatic rings. The first-order chi connectivity index (χ1) is 20.5. The molecule has 0 fully saturated rings. The molecule has 0 aliphatic rings. The molecule has 0 spiro atoms. The number of aliphatic hydroxyl groups excluding tert-OH is 2. The van der Waals surface area contributed by atoms with Crippen molar-refractivity contribution in [2.75, 3.05) is 0 Å². The Morgan fingerprint density at radius 1 is 0.674 bits per heavy atom. The predicted molar refractivity (Wildman–Crippen MR) is 187 cm³/mol. The highest BCUT2D eigenvalue weighted by Gasteiger charge is 2.29. The first-order valence-electron chi connectivity index (χ1n) is 12.8. The van der Waals surface area contributed by atoms with Crippen LogP contribution in [0.25, 0.3) is 0 Å². The lowest BCUT2D eigenvalue weighted by Gasteiger charge is -2.16. The Kier molecular flexibility index (Phi) is 20.1. The van der Waals surface area contributed by atoms with Gasteiger partial charge in [-0.1, -0.05) is 67.3 Å². The quantitative estimate of drug-likeness (QED) is 0.0754. The molecule has 0 radical (unpaired) electrons. The first kappa shape index (κ1) is 45.8. The van der Waals surface area contributed by atoms with Gasteiger partial charge in [0.25, 0.3) is 11.4 Å². The summed E-state index contributed by atoms with van der Waals surface area (Å²) in [6.45, 7) is 8.71. The third-order valence-electron chi connectivity index (χ3n) is 5.27. The fourth-order valence-corrected chi connectivity index (χ4v) is 3.10. The largest absolute Gasteiger partial charge is 0.460 e. The summed E-state index contributed by atoms with van der Waals surface area (Å²) < 4.78 is 8.00. The number of hydrogen-bond acceptors (Lipinski definition) is 11. The molecule has 0 saturated carbocycles. The number of carbonyl (C=O) groups is 3. The van der Waals surface area contributed by atoms with E-state index < -0.39 is 48.0 Å². The molecule has 0 unspecified atom stereocenters. The number of halogens is 4. The number of nitrogens with zero attached hydrogens (tertiary/aromatic N) is 2. The highest BCUT2D eigenvalue weighted by Crippen LogP contribution is 2.28. The van der Waals surface area contributed by atoms with Crippen molar-refractivity contribution in [2.24, 2.45) is 0 Å². The van der Waals surface area contributed by atoms with E-state index in [4.69, 9.17) is 19.7 Å². The van der Waals surface area contributed by atoms with E-state index in [1.807, 2.05) is 0 Å². The number of nitro benzene ring substituents is 2. The van der Waals surface area contributed by atoms with Gasteiger partial charge < -0.3 is 19.7 Å². The van der Waals surface area contributed by atoms with Crippen LogP contribution in [0, 0.1) is 20.2 Å². The van der Waals surface area contributed by atoms with Crippen molar-refractivity contribution >= 4 is 91.7 Å². The lowest BCUT2D eigenvalue weighted by molar-refractivity contribution is -0.387. The van der Waals surface area contributed by atoms with E-state index in [9.17, 15) is 34.6 Å². The van der Waals surface area contributed by atoms with Gasteiger partial charge in [0.05, 0.1) is 49.6 Å². The van der Waals surface area contributed by atoms with Crippen LogP contribution in [0.2, 0.25) is 0 Å². The van der Waals surface area contributed by atoms with Crippen LogP contribution in [0.5, 0.6) is 0 Å². The van der Waals surface area contributed by atoms with Gasteiger partial charge in [-0.3, -0.25) is 34.6 Å². The molecule has 46 heavy (non-hydrogen) atoms. The van der Waals surface area contributed by atoms with Crippen LogP contribution in [-0.4, -0.2) is 49.7 Å². The number of carbonyl (C=O) groups excluding carboxylic acids is 3. The van der Waals surface area contributed by atoms with Gasteiger partial charge in [0, 0.05) is 0 Å². The minimum absolute atomic E-state index is 0. The zero-order chi connectivity index (χ0) is 35.3. The molecular formula is C29H38Br4N2O11. The number of para-hydroxylation sites is 2. The van der Waals surface area contributed by atoms with Gasteiger partial charge in [-0.2, -0.15) is 0 Å². The maximum Gasteiger partial charge on any atom is 0.322 e. The van der Waals surface area contributed by atoms with Crippen molar-refractivity contribution in [3.63, 3.8) is 0 Å². The number of aliphatic hydroxyl groups is 2. The summed E-state index contributed by atoms with van der Waals surface area (Å²) in [4.78, 5) is 54.8. The lowest BCUT2D eigenvalue weighted by atomic mass is 10.1. The van der Waals surface area contributed by atoms with E-state index in [0.29, 0.717) is 0 Å². The molecule has 2 aromatic carbocycles. The second-order valence-electron chi connectivity index (χ2n) is 10.5. The number of alkyl halides is 3. The third-order valence-corrected chi connectivity index (χ3v) is 7.80. The number of esters is 2. The summed E-state index contributed by atoms with van der Waals surface area (Å²) in [5.41, 5.74) is 0.451. The molecule has 17 heteroatoms. The second kappa shape index (κ2) is 20.1. The number of ether oxygens (including phenoxy) is 2. The van der Waals surface area contributed by atoms with Crippen molar-refractivity contribution in [3.05, 3.63) is 78.9 Å². The molecule has 13 nitrogen and oxygen atoms in total. The minimum Gasteiger partial charge on any atom is -0.460 e. The van der Waals surface area contributed by atoms with E-state index >= 15 is 0 Å². The van der Waals surface area contributed by atoms with Crippen LogP contribution >= 0.6 is 63.7 Å². The summed E-state index contributed by atoms with van der Waals surface area (Å²) in [6, 6.07) is 9.04. The van der Waals surface area contributed by atoms with Crippen molar-refractivity contribution in [2.45, 2.75) is 88.4 Å². The summed E-state index contributed by atoms with van der Waals surface area (Å²) >= 11 is 12.3. The molecule has 0 aliphatic carbocycles. The number of rotatable bonds is 11. The van der Waals surface area contributed by atoms with Gasteiger partial charge in [-0.15, -0.1) is 0 Å². The zero-order valence-corrected chi connectivity index (χ0v) is 31.6. The predicted octanol–water partition coefficient (Wildman–Crippen LogP) is 7.33. The lowest BCUT2D eigenvalue weighted by Crippen LogP contribution is -2.27. The van der Waals surface area contributed by atoms with Crippen LogP contribution < -0.4 is 0 Å². The van der Waals surface area contributed by atoms with Gasteiger partial charge in [0.2, 0.25) is 4.69 Å². The molecule has 0 amide bonds. The molecule has 2 rings (SSSR count). The van der Waals surface area contributed by atoms with Crippen LogP contribution in [0.4, 0.5) is 11.4 Å². The Hall–Kier alpha value is -2.31. The van der Waals surface area contributed by atoms with Crippen LogP contribution in [-0.2, 0) is 50.3 Å². The SMILES string of the molecule is C.CC(C)(Br)C(=O)Br.CC(C)(Br)C(=O)OCc1cccc(COC(=O)C(C)(C)Br)c1[N+](=O)[O-].O=[N+]([O-])c1c(CO)cccc1CO. The fraction of sp³-hybridized carbons (Fsp3) is 0.483. The summed E-state index contributed by atoms with van der Waals surface area (Å²) in [7, 11) is 0. The maximum absolute atomic E-state index is 11.8. The molecule has 2 N–H and O–H groups in total. The van der Waals surface area contributed by atoms with Gasteiger partial charge >= 0.3 is 11.9 Å². The van der Waals surface area contributed by atoms with E-state index in [0.717, 1.165) is 0 Å². The van der Waals surface area contributed by atoms with Crippen molar-refractivity contribution < 1.29 is 43.9 Å². The van der Waals surface area contributed by atoms with Gasteiger partial charge in [0.1, 0.15) is 21.9 Å². The standard InChI is InChI=1S/C16H19Br2NO6.C8H9NO4.C4H6Br2O.CH4/c1-15(2,17)13(20)24-8-10-6-5-7-11(12(10)19(22)23)9-25-14(21)16(3,4)18;10-4-6-2-1-3-7(5-11)8(6)9(12)13;1-4(2,6)3(5)7;/h5-7H,8-9H2,1-4H3;1-3,10-11H,4-5H2;1-2H3;1H4.